The van der Waals surface area contributed by atoms with Crippen LogP contribution in [0.5, 0.6) is 5.75 Å². The number of amides is 1. The molecule has 2 aromatic heterocycles. The molecular weight excluding hydrogens is 402 g/mol. The third-order valence-electron chi connectivity index (χ3n) is 6.06. The number of pyridine rings is 1. The summed E-state index contributed by atoms with van der Waals surface area (Å²) in [6.45, 7) is 4.02. The van der Waals surface area contributed by atoms with Crippen LogP contribution in [0.2, 0.25) is 0 Å². The van der Waals surface area contributed by atoms with E-state index < -0.39 is 0 Å². The lowest BCUT2D eigenvalue weighted by Crippen LogP contribution is -2.31. The molecule has 1 amide bonds. The molecular formula is C25H31N5O2. The molecule has 2 heterocycles. The zero-order valence-corrected chi connectivity index (χ0v) is 19.7. The van der Waals surface area contributed by atoms with E-state index in [-0.39, 0.29) is 11.7 Å². The third kappa shape index (κ3) is 3.67. The van der Waals surface area contributed by atoms with Gasteiger partial charge in [0.2, 0.25) is 0 Å². The van der Waals surface area contributed by atoms with Crippen molar-refractivity contribution in [3.8, 4) is 5.75 Å². The number of aryl methyl sites for hydroxylation is 2. The molecule has 4 rings (SSSR count). The molecule has 0 aliphatic rings. The molecule has 0 aliphatic heterocycles. The van der Waals surface area contributed by atoms with Crippen molar-refractivity contribution in [2.75, 3.05) is 41.3 Å². The Morgan fingerprint density at radius 2 is 1.84 bits per heavy atom. The number of nitrogens with zero attached hydrogens (tertiary/aromatic N) is 4. The molecule has 2 aromatic carbocycles. The van der Waals surface area contributed by atoms with Crippen molar-refractivity contribution in [3.05, 3.63) is 47.3 Å². The van der Waals surface area contributed by atoms with E-state index in [1.807, 2.05) is 50.1 Å². The van der Waals surface area contributed by atoms with Gasteiger partial charge >= 0.3 is 0 Å². The number of hydrogen-bond donors (Lipinski definition) is 2. The van der Waals surface area contributed by atoms with Gasteiger partial charge in [0.25, 0.3) is 5.91 Å². The number of phenolic OH excluding ortho intramolecular Hbond substituents is 1. The average Bonchev–Trinajstić information content (AvgIpc) is 3.01. The number of aromatic nitrogens is 2. The third-order valence-corrected chi connectivity index (χ3v) is 6.06. The molecule has 0 atom stereocenters. The monoisotopic (exact) mass is 433 g/mol. The maximum absolute atomic E-state index is 13.0. The highest BCUT2D eigenvalue weighted by atomic mass is 16.3. The topological polar surface area (TPSA) is 73.6 Å². The summed E-state index contributed by atoms with van der Waals surface area (Å²) >= 11 is 0. The Morgan fingerprint density at radius 1 is 1.09 bits per heavy atom. The highest BCUT2D eigenvalue weighted by molar-refractivity contribution is 6.18. The van der Waals surface area contributed by atoms with E-state index in [4.69, 9.17) is 0 Å². The van der Waals surface area contributed by atoms with Gasteiger partial charge in [-0.3, -0.25) is 9.78 Å². The second-order valence-electron chi connectivity index (χ2n) is 8.97. The summed E-state index contributed by atoms with van der Waals surface area (Å²) < 4.78 is 2.18. The molecule has 0 fully saturated rings. The molecule has 0 bridgehead atoms. The van der Waals surface area contributed by atoms with Crippen molar-refractivity contribution in [1.29, 1.82) is 0 Å². The first-order valence-corrected chi connectivity index (χ1v) is 10.8. The van der Waals surface area contributed by atoms with E-state index in [1.165, 1.54) is 0 Å². The predicted octanol–water partition coefficient (Wildman–Crippen LogP) is 3.25. The van der Waals surface area contributed by atoms with Gasteiger partial charge in [-0.15, -0.1) is 0 Å². The van der Waals surface area contributed by atoms with Crippen molar-refractivity contribution in [1.82, 2.24) is 24.7 Å². The number of carbonyl (C=O) groups is 1. The summed E-state index contributed by atoms with van der Waals surface area (Å²) in [5, 5.41) is 17.5. The van der Waals surface area contributed by atoms with E-state index in [1.54, 1.807) is 12.3 Å². The molecule has 0 aliphatic carbocycles. The van der Waals surface area contributed by atoms with Crippen LogP contribution in [0, 0.1) is 6.92 Å². The molecule has 0 spiro atoms. The SMILES string of the molecule is Cc1c2ccnc(C(=O)NCCN(C)C)c2cc2c3c(CN(C)C)c(O)ccc3n(C)c12. The number of fused-ring (bicyclic) bond motifs is 4. The molecule has 0 unspecified atom stereocenters. The van der Waals surface area contributed by atoms with Crippen LogP contribution in [0.25, 0.3) is 32.6 Å². The van der Waals surface area contributed by atoms with Crippen LogP contribution in [-0.4, -0.2) is 71.6 Å². The number of carbonyl (C=O) groups excluding carboxylic acids is 1. The smallest absolute Gasteiger partial charge is 0.270 e. The van der Waals surface area contributed by atoms with Gasteiger partial charge in [0, 0.05) is 60.1 Å². The van der Waals surface area contributed by atoms with Gasteiger partial charge in [-0.1, -0.05) is 0 Å². The lowest BCUT2D eigenvalue weighted by Gasteiger charge is -2.14. The van der Waals surface area contributed by atoms with Crippen molar-refractivity contribution >= 4 is 38.5 Å². The largest absolute Gasteiger partial charge is 0.508 e. The normalized spacial score (nSPS) is 12.0. The predicted molar refractivity (Wildman–Crippen MR) is 130 cm³/mol. The van der Waals surface area contributed by atoms with Crippen molar-refractivity contribution < 1.29 is 9.90 Å². The van der Waals surface area contributed by atoms with E-state index in [0.29, 0.717) is 18.8 Å². The summed E-state index contributed by atoms with van der Waals surface area (Å²) in [5.41, 5.74) is 4.56. The first kappa shape index (κ1) is 22.0. The van der Waals surface area contributed by atoms with Gasteiger partial charge in [-0.25, -0.2) is 0 Å². The highest BCUT2D eigenvalue weighted by Crippen LogP contribution is 2.39. The first-order chi connectivity index (χ1) is 15.2. The summed E-state index contributed by atoms with van der Waals surface area (Å²) in [6.07, 6.45) is 1.70. The minimum atomic E-state index is -0.173. The van der Waals surface area contributed by atoms with E-state index >= 15 is 0 Å². The van der Waals surface area contributed by atoms with Crippen molar-refractivity contribution in [2.45, 2.75) is 13.5 Å². The van der Waals surface area contributed by atoms with Gasteiger partial charge in [0.15, 0.2) is 0 Å². The molecule has 7 nitrogen and oxygen atoms in total. The van der Waals surface area contributed by atoms with Gasteiger partial charge < -0.3 is 24.8 Å². The van der Waals surface area contributed by atoms with Crippen LogP contribution in [0.15, 0.2) is 30.5 Å². The van der Waals surface area contributed by atoms with Gasteiger partial charge in [0.05, 0.1) is 5.52 Å². The van der Waals surface area contributed by atoms with Gasteiger partial charge in [-0.05, 0) is 70.3 Å². The van der Waals surface area contributed by atoms with E-state index in [0.717, 1.165) is 50.2 Å². The average molecular weight is 434 g/mol. The number of aromatic hydroxyl groups is 1. The quantitative estimate of drug-likeness (QED) is 0.488. The molecule has 32 heavy (non-hydrogen) atoms. The zero-order valence-electron chi connectivity index (χ0n) is 19.7. The fraction of sp³-hybridized carbons (Fsp3) is 0.360. The minimum absolute atomic E-state index is 0.173. The highest BCUT2D eigenvalue weighted by Gasteiger charge is 2.21. The number of phenols is 1. The molecule has 7 heteroatoms. The van der Waals surface area contributed by atoms with E-state index in [9.17, 15) is 9.90 Å². The van der Waals surface area contributed by atoms with Crippen LogP contribution in [0.1, 0.15) is 21.6 Å². The van der Waals surface area contributed by atoms with Crippen LogP contribution >= 0.6 is 0 Å². The molecule has 2 N–H and O–H groups in total. The fourth-order valence-electron chi connectivity index (χ4n) is 4.57. The number of likely N-dealkylation sites (N-methyl/N-ethyl adjacent to an activating group) is 1. The standard InChI is InChI=1S/C25H31N5O2/c1-15-16-9-10-26-23(25(32)27-11-12-28(2)3)17(16)13-18-22-19(14-29(4)5)21(31)8-7-20(22)30(6)24(15)18/h7-10,13,31H,11-12,14H2,1-6H3,(H,27,32). The Kier molecular flexibility index (Phi) is 5.79. The van der Waals surface area contributed by atoms with Crippen molar-refractivity contribution in [2.24, 2.45) is 7.05 Å². The van der Waals surface area contributed by atoms with Crippen molar-refractivity contribution in [3.63, 3.8) is 0 Å². The lowest BCUT2D eigenvalue weighted by molar-refractivity contribution is 0.0948. The molecule has 168 valence electrons. The Labute approximate surface area is 188 Å². The Morgan fingerprint density at radius 3 is 2.53 bits per heavy atom. The maximum atomic E-state index is 13.0. The Hall–Kier alpha value is -3.16. The van der Waals surface area contributed by atoms with E-state index in [2.05, 4.69) is 34.9 Å². The van der Waals surface area contributed by atoms with Crippen LogP contribution in [0.3, 0.4) is 0 Å². The number of hydrogen-bond acceptors (Lipinski definition) is 5. The van der Waals surface area contributed by atoms with Gasteiger partial charge in [0.1, 0.15) is 11.4 Å². The fourth-order valence-corrected chi connectivity index (χ4v) is 4.57. The molecule has 0 saturated carbocycles. The molecule has 0 radical (unpaired) electrons. The Balaban J connectivity index is 2.00. The second kappa shape index (κ2) is 8.41. The minimum Gasteiger partial charge on any atom is -0.508 e. The van der Waals surface area contributed by atoms with Gasteiger partial charge in [-0.2, -0.15) is 0 Å². The first-order valence-electron chi connectivity index (χ1n) is 10.8. The maximum Gasteiger partial charge on any atom is 0.270 e. The zero-order chi connectivity index (χ0) is 23.2. The lowest BCUT2D eigenvalue weighted by atomic mass is 9.98. The molecule has 4 aromatic rings. The summed E-state index contributed by atoms with van der Waals surface area (Å²) in [5.74, 6) is 0.108. The Bertz CT molecular complexity index is 1340. The number of rotatable bonds is 6. The summed E-state index contributed by atoms with van der Waals surface area (Å²) in [4.78, 5) is 21.5. The van der Waals surface area contributed by atoms with Crippen LogP contribution in [0.4, 0.5) is 0 Å². The second-order valence-corrected chi connectivity index (χ2v) is 8.97. The number of benzene rings is 2. The van der Waals surface area contributed by atoms with Crippen LogP contribution in [-0.2, 0) is 13.6 Å². The number of nitrogens with one attached hydrogen (secondary N) is 1. The summed E-state index contributed by atoms with van der Waals surface area (Å²) in [7, 11) is 9.98. The van der Waals surface area contributed by atoms with Crippen LogP contribution < -0.4 is 5.32 Å². The summed E-state index contributed by atoms with van der Waals surface area (Å²) in [6, 6.07) is 7.75. The molecule has 0 saturated heterocycles.